The lowest BCUT2D eigenvalue weighted by Crippen LogP contribution is -2.47. The van der Waals surface area contributed by atoms with Crippen molar-refractivity contribution in [3.63, 3.8) is 0 Å². The van der Waals surface area contributed by atoms with Gasteiger partial charge in [0.05, 0.1) is 23.9 Å². The maximum atomic E-state index is 12.6. The van der Waals surface area contributed by atoms with Crippen molar-refractivity contribution in [2.45, 2.75) is 31.3 Å². The Morgan fingerprint density at radius 3 is 2.38 bits per heavy atom. The summed E-state index contributed by atoms with van der Waals surface area (Å²) >= 11 is 0. The van der Waals surface area contributed by atoms with E-state index in [1.807, 2.05) is 6.92 Å². The zero-order valence-corrected chi connectivity index (χ0v) is 12.5. The number of hydrogen-bond donors (Lipinski definition) is 0. The van der Waals surface area contributed by atoms with Crippen LogP contribution in [0.1, 0.15) is 24.6 Å². The standard InChI is InChI=1S/C13H16F3NO3S/c1-3-12(6-20-7-12)8-21(18,19)10-5-17-11(4-9(10)2)13(14,15)16/h4-5H,3,6-8H2,1-2H3. The lowest BCUT2D eigenvalue weighted by molar-refractivity contribution is -0.141. The third-order valence-corrected chi connectivity index (χ3v) is 5.84. The molecule has 8 heteroatoms. The van der Waals surface area contributed by atoms with Crippen molar-refractivity contribution in [2.75, 3.05) is 19.0 Å². The third kappa shape index (κ3) is 3.21. The Kier molecular flexibility index (Phi) is 4.05. The molecule has 0 radical (unpaired) electrons. The van der Waals surface area contributed by atoms with Crippen LogP contribution in [0.15, 0.2) is 17.2 Å². The average Bonchev–Trinajstić information content (AvgIpc) is 2.32. The zero-order chi connectivity index (χ0) is 15.9. The van der Waals surface area contributed by atoms with Crippen LogP contribution in [-0.4, -0.2) is 32.4 Å². The highest BCUT2D eigenvalue weighted by Gasteiger charge is 2.42. The number of aryl methyl sites for hydroxylation is 1. The van der Waals surface area contributed by atoms with Crippen molar-refractivity contribution < 1.29 is 26.3 Å². The van der Waals surface area contributed by atoms with Crippen LogP contribution in [0.3, 0.4) is 0 Å². The number of nitrogens with zero attached hydrogens (tertiary/aromatic N) is 1. The number of aromatic nitrogens is 1. The van der Waals surface area contributed by atoms with Gasteiger partial charge in [0, 0.05) is 11.6 Å². The molecule has 0 saturated carbocycles. The predicted molar refractivity (Wildman–Crippen MR) is 69.6 cm³/mol. The molecule has 2 heterocycles. The summed E-state index contributed by atoms with van der Waals surface area (Å²) in [5.74, 6) is -0.135. The van der Waals surface area contributed by atoms with Crippen molar-refractivity contribution in [2.24, 2.45) is 5.41 Å². The van der Waals surface area contributed by atoms with E-state index in [0.717, 1.165) is 12.3 Å². The second-order valence-electron chi connectivity index (χ2n) is 5.44. The summed E-state index contributed by atoms with van der Waals surface area (Å²) in [5, 5.41) is 0. The molecule has 1 aromatic heterocycles. The van der Waals surface area contributed by atoms with Gasteiger partial charge in [0.15, 0.2) is 9.84 Å². The van der Waals surface area contributed by atoms with Crippen LogP contribution < -0.4 is 0 Å². The summed E-state index contributed by atoms with van der Waals surface area (Å²) in [7, 11) is -3.69. The molecule has 0 aromatic carbocycles. The van der Waals surface area contributed by atoms with Crippen LogP contribution in [0.4, 0.5) is 13.2 Å². The van der Waals surface area contributed by atoms with Crippen LogP contribution in [0, 0.1) is 12.3 Å². The van der Waals surface area contributed by atoms with Crippen LogP contribution in [0.2, 0.25) is 0 Å². The first-order valence-corrected chi connectivity index (χ1v) is 8.09. The Balaban J connectivity index is 2.33. The summed E-state index contributed by atoms with van der Waals surface area (Å²) in [6.45, 7) is 3.93. The molecule has 1 aromatic rings. The lowest BCUT2D eigenvalue weighted by atomic mass is 9.86. The summed E-state index contributed by atoms with van der Waals surface area (Å²) in [6.07, 6.45) is -3.14. The molecule has 1 saturated heterocycles. The molecule has 4 nitrogen and oxygen atoms in total. The van der Waals surface area contributed by atoms with Crippen molar-refractivity contribution in [1.29, 1.82) is 0 Å². The molecule has 0 spiro atoms. The molecular formula is C13H16F3NO3S. The molecule has 118 valence electrons. The number of sulfone groups is 1. The Hall–Kier alpha value is -1.15. The van der Waals surface area contributed by atoms with Crippen molar-refractivity contribution in [1.82, 2.24) is 4.98 Å². The monoisotopic (exact) mass is 323 g/mol. The number of halogens is 3. The highest BCUT2D eigenvalue weighted by atomic mass is 32.2. The molecule has 0 unspecified atom stereocenters. The normalized spacial score (nSPS) is 18.3. The van der Waals surface area contributed by atoms with E-state index in [9.17, 15) is 21.6 Å². The van der Waals surface area contributed by atoms with Gasteiger partial charge in [-0.25, -0.2) is 8.42 Å². The predicted octanol–water partition coefficient (Wildman–Crippen LogP) is 2.61. The fourth-order valence-electron chi connectivity index (χ4n) is 2.29. The second kappa shape index (κ2) is 5.24. The fraction of sp³-hybridized carbons (Fsp3) is 0.615. The highest BCUT2D eigenvalue weighted by Crippen LogP contribution is 2.36. The van der Waals surface area contributed by atoms with E-state index in [4.69, 9.17) is 4.74 Å². The fourth-order valence-corrected chi connectivity index (χ4v) is 4.38. The molecule has 1 aliphatic heterocycles. The molecule has 1 fully saturated rings. The van der Waals surface area contributed by atoms with E-state index in [0.29, 0.717) is 19.6 Å². The van der Waals surface area contributed by atoms with Gasteiger partial charge in [-0.2, -0.15) is 13.2 Å². The number of rotatable bonds is 4. The zero-order valence-electron chi connectivity index (χ0n) is 11.7. The summed E-state index contributed by atoms with van der Waals surface area (Å²) < 4.78 is 67.6. The number of hydrogen-bond acceptors (Lipinski definition) is 4. The van der Waals surface area contributed by atoms with Gasteiger partial charge in [0.1, 0.15) is 5.69 Å². The molecule has 0 aliphatic carbocycles. The second-order valence-corrected chi connectivity index (χ2v) is 7.40. The number of alkyl halides is 3. The van der Waals surface area contributed by atoms with Crippen LogP contribution in [-0.2, 0) is 20.8 Å². The summed E-state index contributed by atoms with van der Waals surface area (Å²) in [4.78, 5) is 3.10. The minimum Gasteiger partial charge on any atom is -0.380 e. The van der Waals surface area contributed by atoms with Gasteiger partial charge in [-0.1, -0.05) is 6.92 Å². The SMILES string of the molecule is CCC1(CS(=O)(=O)c2cnc(C(F)(F)F)cc2C)COC1. The maximum absolute atomic E-state index is 12.6. The van der Waals surface area contributed by atoms with Gasteiger partial charge in [-0.3, -0.25) is 4.98 Å². The molecule has 2 rings (SSSR count). The quantitative estimate of drug-likeness (QED) is 0.855. The molecular weight excluding hydrogens is 307 g/mol. The minimum atomic E-state index is -4.58. The van der Waals surface area contributed by atoms with E-state index in [-0.39, 0.29) is 16.2 Å². The van der Waals surface area contributed by atoms with E-state index in [1.165, 1.54) is 6.92 Å². The van der Waals surface area contributed by atoms with E-state index >= 15 is 0 Å². The summed E-state index contributed by atoms with van der Waals surface area (Å²) in [5.41, 5.74) is -1.46. The van der Waals surface area contributed by atoms with E-state index < -0.39 is 27.1 Å². The number of ether oxygens (including phenoxy) is 1. The van der Waals surface area contributed by atoms with Crippen LogP contribution >= 0.6 is 0 Å². The Morgan fingerprint density at radius 2 is 2.00 bits per heavy atom. The molecule has 21 heavy (non-hydrogen) atoms. The van der Waals surface area contributed by atoms with Crippen LogP contribution in [0.25, 0.3) is 0 Å². The van der Waals surface area contributed by atoms with Gasteiger partial charge >= 0.3 is 6.18 Å². The van der Waals surface area contributed by atoms with E-state index in [2.05, 4.69) is 4.98 Å². The molecule has 1 aliphatic rings. The first-order valence-electron chi connectivity index (χ1n) is 6.44. The first-order chi connectivity index (χ1) is 9.60. The molecule has 0 bridgehead atoms. The third-order valence-electron chi connectivity index (χ3n) is 3.75. The smallest absolute Gasteiger partial charge is 0.380 e. The van der Waals surface area contributed by atoms with E-state index in [1.54, 1.807) is 0 Å². The Morgan fingerprint density at radius 1 is 1.38 bits per heavy atom. The largest absolute Gasteiger partial charge is 0.433 e. The molecule has 0 N–H and O–H groups in total. The molecule has 0 amide bonds. The lowest BCUT2D eigenvalue weighted by Gasteiger charge is -2.40. The van der Waals surface area contributed by atoms with Gasteiger partial charge in [0.25, 0.3) is 0 Å². The summed E-state index contributed by atoms with van der Waals surface area (Å²) in [6, 6.07) is 0.767. The van der Waals surface area contributed by atoms with Gasteiger partial charge in [0.2, 0.25) is 0 Å². The maximum Gasteiger partial charge on any atom is 0.433 e. The van der Waals surface area contributed by atoms with Gasteiger partial charge in [-0.05, 0) is 25.0 Å². The van der Waals surface area contributed by atoms with Crippen molar-refractivity contribution in [3.05, 3.63) is 23.5 Å². The number of pyridine rings is 1. The topological polar surface area (TPSA) is 56.3 Å². The van der Waals surface area contributed by atoms with Gasteiger partial charge < -0.3 is 4.74 Å². The minimum absolute atomic E-state index is 0.0591. The first kappa shape index (κ1) is 16.2. The average molecular weight is 323 g/mol. The van der Waals surface area contributed by atoms with Crippen LogP contribution in [0.5, 0.6) is 0 Å². The Labute approximate surface area is 121 Å². The highest BCUT2D eigenvalue weighted by molar-refractivity contribution is 7.91. The Bertz CT molecular complexity index is 631. The molecule has 0 atom stereocenters. The van der Waals surface area contributed by atoms with Crippen molar-refractivity contribution >= 4 is 9.84 Å². The van der Waals surface area contributed by atoms with Gasteiger partial charge in [-0.15, -0.1) is 0 Å². The van der Waals surface area contributed by atoms with Crippen molar-refractivity contribution in [3.8, 4) is 0 Å².